The SMILES string of the molecule is C[Si](C)(C)CCOCn1ncc2c(N)cccc21. The molecule has 0 aliphatic rings. The van der Waals surface area contributed by atoms with Gasteiger partial charge in [0.05, 0.1) is 11.7 Å². The topological polar surface area (TPSA) is 53.1 Å². The predicted octanol–water partition coefficient (Wildman–Crippen LogP) is 2.93. The van der Waals surface area contributed by atoms with Crippen molar-refractivity contribution in [1.82, 2.24) is 9.78 Å². The van der Waals surface area contributed by atoms with Gasteiger partial charge in [0.1, 0.15) is 6.73 Å². The zero-order valence-electron chi connectivity index (χ0n) is 11.3. The van der Waals surface area contributed by atoms with Crippen molar-refractivity contribution in [3.8, 4) is 0 Å². The summed E-state index contributed by atoms with van der Waals surface area (Å²) in [5.41, 5.74) is 7.69. The number of nitrogens with zero attached hydrogens (tertiary/aromatic N) is 2. The van der Waals surface area contributed by atoms with Crippen LogP contribution in [0.1, 0.15) is 0 Å². The highest BCUT2D eigenvalue weighted by molar-refractivity contribution is 6.76. The van der Waals surface area contributed by atoms with Crippen molar-refractivity contribution in [2.45, 2.75) is 32.4 Å². The molecule has 0 aliphatic heterocycles. The largest absolute Gasteiger partial charge is 0.398 e. The highest BCUT2D eigenvalue weighted by Gasteiger charge is 2.12. The van der Waals surface area contributed by atoms with Gasteiger partial charge in [0.15, 0.2) is 0 Å². The molecule has 2 rings (SSSR count). The van der Waals surface area contributed by atoms with E-state index in [0.717, 1.165) is 23.2 Å². The first-order valence-corrected chi connectivity index (χ1v) is 9.96. The van der Waals surface area contributed by atoms with Crippen LogP contribution in [0.4, 0.5) is 5.69 Å². The summed E-state index contributed by atoms with van der Waals surface area (Å²) in [6.45, 7) is 8.35. The third-order valence-corrected chi connectivity index (χ3v) is 4.64. The molecule has 98 valence electrons. The molecule has 1 aromatic heterocycles. The van der Waals surface area contributed by atoms with Gasteiger partial charge in [-0.05, 0) is 18.2 Å². The van der Waals surface area contributed by atoms with Gasteiger partial charge in [-0.25, -0.2) is 4.68 Å². The van der Waals surface area contributed by atoms with E-state index in [2.05, 4.69) is 24.7 Å². The van der Waals surface area contributed by atoms with Crippen molar-refractivity contribution in [3.63, 3.8) is 0 Å². The molecule has 1 aromatic carbocycles. The van der Waals surface area contributed by atoms with Crippen LogP contribution in [0, 0.1) is 0 Å². The zero-order valence-corrected chi connectivity index (χ0v) is 12.3. The van der Waals surface area contributed by atoms with Gasteiger partial charge in [-0.15, -0.1) is 0 Å². The van der Waals surface area contributed by atoms with Gasteiger partial charge in [-0.3, -0.25) is 0 Å². The summed E-state index contributed by atoms with van der Waals surface area (Å²) in [6.07, 6.45) is 1.80. The van der Waals surface area contributed by atoms with Gasteiger partial charge in [0.25, 0.3) is 0 Å². The maximum absolute atomic E-state index is 5.89. The maximum Gasteiger partial charge on any atom is 0.139 e. The van der Waals surface area contributed by atoms with Crippen LogP contribution in [-0.2, 0) is 11.5 Å². The highest BCUT2D eigenvalue weighted by Crippen LogP contribution is 2.20. The number of fused-ring (bicyclic) bond motifs is 1. The van der Waals surface area contributed by atoms with E-state index in [1.165, 1.54) is 6.04 Å². The molecule has 1 heterocycles. The number of rotatable bonds is 5. The Labute approximate surface area is 109 Å². The lowest BCUT2D eigenvalue weighted by molar-refractivity contribution is 0.0817. The van der Waals surface area contributed by atoms with E-state index < -0.39 is 8.07 Å². The molecule has 0 amide bonds. The van der Waals surface area contributed by atoms with Gasteiger partial charge < -0.3 is 10.5 Å². The number of nitrogen functional groups attached to an aromatic ring is 1. The second kappa shape index (κ2) is 5.12. The molecule has 0 spiro atoms. The van der Waals surface area contributed by atoms with Crippen molar-refractivity contribution < 1.29 is 4.74 Å². The molecule has 0 radical (unpaired) electrons. The quantitative estimate of drug-likeness (QED) is 0.512. The molecule has 2 aromatic rings. The average molecular weight is 263 g/mol. The number of benzene rings is 1. The van der Waals surface area contributed by atoms with Crippen molar-refractivity contribution in [1.29, 1.82) is 0 Å². The molecule has 0 saturated carbocycles. The van der Waals surface area contributed by atoms with E-state index in [9.17, 15) is 0 Å². The summed E-state index contributed by atoms with van der Waals surface area (Å²) in [7, 11) is -1.02. The van der Waals surface area contributed by atoms with Crippen LogP contribution in [0.3, 0.4) is 0 Å². The molecule has 18 heavy (non-hydrogen) atoms. The standard InChI is InChI=1S/C13H21N3OSi/c1-18(2,3)8-7-17-10-16-13-6-4-5-12(14)11(13)9-15-16/h4-6,9H,7-8,10,14H2,1-3H3. The second-order valence-electron chi connectivity index (χ2n) is 5.77. The molecule has 2 N–H and O–H groups in total. The molecule has 0 saturated heterocycles. The maximum atomic E-state index is 5.89. The zero-order chi connectivity index (χ0) is 13.2. The smallest absolute Gasteiger partial charge is 0.139 e. The summed E-state index contributed by atoms with van der Waals surface area (Å²) in [5, 5.41) is 5.31. The highest BCUT2D eigenvalue weighted by atomic mass is 28.3. The minimum absolute atomic E-state index is 0.497. The van der Waals surface area contributed by atoms with Gasteiger partial charge in [-0.1, -0.05) is 25.7 Å². The summed E-state index contributed by atoms with van der Waals surface area (Å²) in [5.74, 6) is 0. The number of hydrogen-bond acceptors (Lipinski definition) is 3. The Kier molecular flexibility index (Phi) is 3.73. The van der Waals surface area contributed by atoms with Gasteiger partial charge in [0.2, 0.25) is 0 Å². The molecule has 0 atom stereocenters. The van der Waals surface area contributed by atoms with Crippen LogP contribution < -0.4 is 5.73 Å². The number of anilines is 1. The van der Waals surface area contributed by atoms with Gasteiger partial charge >= 0.3 is 0 Å². The Morgan fingerprint density at radius 2 is 2.11 bits per heavy atom. The van der Waals surface area contributed by atoms with E-state index in [-0.39, 0.29) is 0 Å². The van der Waals surface area contributed by atoms with Crippen LogP contribution in [0.5, 0.6) is 0 Å². The lowest BCUT2D eigenvalue weighted by Gasteiger charge is -2.15. The summed E-state index contributed by atoms with van der Waals surface area (Å²) < 4.78 is 7.55. The lowest BCUT2D eigenvalue weighted by Crippen LogP contribution is -2.22. The van der Waals surface area contributed by atoms with Crippen LogP contribution in [0.15, 0.2) is 24.4 Å². The summed E-state index contributed by atoms with van der Waals surface area (Å²) in [4.78, 5) is 0. The number of hydrogen-bond donors (Lipinski definition) is 1. The monoisotopic (exact) mass is 263 g/mol. The summed E-state index contributed by atoms with van der Waals surface area (Å²) >= 11 is 0. The van der Waals surface area contributed by atoms with Gasteiger partial charge in [-0.2, -0.15) is 5.10 Å². The Morgan fingerprint density at radius 3 is 2.83 bits per heavy atom. The average Bonchev–Trinajstić information content (AvgIpc) is 2.68. The van der Waals surface area contributed by atoms with Crippen LogP contribution >= 0.6 is 0 Å². The van der Waals surface area contributed by atoms with E-state index in [1.54, 1.807) is 6.20 Å². The van der Waals surface area contributed by atoms with Crippen molar-refractivity contribution >= 4 is 24.7 Å². The first-order valence-electron chi connectivity index (χ1n) is 6.25. The number of ether oxygens (including phenoxy) is 1. The van der Waals surface area contributed by atoms with Crippen LogP contribution in [-0.4, -0.2) is 24.5 Å². The first kappa shape index (κ1) is 13.1. The minimum Gasteiger partial charge on any atom is -0.398 e. The van der Waals surface area contributed by atoms with Crippen LogP contribution in [0.25, 0.3) is 10.9 Å². The Morgan fingerprint density at radius 1 is 1.33 bits per heavy atom. The number of nitrogens with two attached hydrogens (primary N) is 1. The van der Waals surface area contributed by atoms with Crippen LogP contribution in [0.2, 0.25) is 25.7 Å². The molecule has 0 fully saturated rings. The van der Waals surface area contributed by atoms with E-state index in [0.29, 0.717) is 6.73 Å². The molecule has 4 nitrogen and oxygen atoms in total. The van der Waals surface area contributed by atoms with E-state index in [1.807, 2.05) is 22.9 Å². The third kappa shape index (κ3) is 3.11. The Hall–Kier alpha value is -1.33. The molecular weight excluding hydrogens is 242 g/mol. The molecule has 0 unspecified atom stereocenters. The second-order valence-corrected chi connectivity index (χ2v) is 11.4. The Bertz CT molecular complexity index is 531. The fourth-order valence-electron chi connectivity index (χ4n) is 1.76. The summed E-state index contributed by atoms with van der Waals surface area (Å²) in [6, 6.07) is 7.02. The predicted molar refractivity (Wildman–Crippen MR) is 78.3 cm³/mol. The third-order valence-electron chi connectivity index (χ3n) is 2.93. The van der Waals surface area contributed by atoms with Crippen molar-refractivity contribution in [2.75, 3.05) is 12.3 Å². The first-order chi connectivity index (χ1) is 8.47. The minimum atomic E-state index is -1.02. The van der Waals surface area contributed by atoms with E-state index in [4.69, 9.17) is 10.5 Å². The van der Waals surface area contributed by atoms with Crippen molar-refractivity contribution in [2.24, 2.45) is 0 Å². The number of aromatic nitrogens is 2. The molecular formula is C13H21N3OSi. The van der Waals surface area contributed by atoms with Gasteiger partial charge in [0, 0.05) is 25.8 Å². The Balaban J connectivity index is 1.98. The molecule has 5 heteroatoms. The molecule has 0 aliphatic carbocycles. The molecule has 0 bridgehead atoms. The fraction of sp³-hybridized carbons (Fsp3) is 0.462. The lowest BCUT2D eigenvalue weighted by atomic mass is 10.2. The normalized spacial score (nSPS) is 12.2. The van der Waals surface area contributed by atoms with Crippen molar-refractivity contribution in [3.05, 3.63) is 24.4 Å². The fourth-order valence-corrected chi connectivity index (χ4v) is 2.51. The van der Waals surface area contributed by atoms with E-state index >= 15 is 0 Å².